The maximum absolute atomic E-state index is 11.9. The fourth-order valence-corrected chi connectivity index (χ4v) is 4.05. The van der Waals surface area contributed by atoms with Gasteiger partial charge >= 0.3 is 0 Å². The molecule has 1 aliphatic rings. The first-order valence-electron chi connectivity index (χ1n) is 7.33. The number of nitrogens with one attached hydrogen (secondary N) is 1. The monoisotopic (exact) mass is 312 g/mol. The molecule has 0 spiro atoms. The Morgan fingerprint density at radius 3 is 3.00 bits per heavy atom. The van der Waals surface area contributed by atoms with E-state index in [4.69, 9.17) is 0 Å². The molecular weight excluding hydrogens is 288 g/mol. The van der Waals surface area contributed by atoms with Crippen LogP contribution in [0.2, 0.25) is 0 Å². The van der Waals surface area contributed by atoms with Gasteiger partial charge in [0, 0.05) is 45.1 Å². The van der Waals surface area contributed by atoms with E-state index in [0.717, 1.165) is 19.5 Å². The second-order valence-corrected chi connectivity index (χ2v) is 7.33. The fourth-order valence-electron chi connectivity index (χ4n) is 2.75. The molecule has 1 saturated heterocycles. The first-order valence-corrected chi connectivity index (χ1v) is 8.77. The van der Waals surface area contributed by atoms with Gasteiger partial charge in [0.1, 0.15) is 0 Å². The third-order valence-electron chi connectivity index (χ3n) is 3.66. The molecule has 0 bridgehead atoms. The molecule has 0 aliphatic carbocycles. The van der Waals surface area contributed by atoms with E-state index in [0.29, 0.717) is 25.6 Å². The Hall–Kier alpha value is -1.02. The highest BCUT2D eigenvalue weighted by molar-refractivity contribution is 7.87. The summed E-state index contributed by atoms with van der Waals surface area (Å²) in [5.74, 6) is 0.389. The molecule has 1 unspecified atom stereocenters. The number of hydrogen-bond acceptors (Lipinski definition) is 4. The van der Waals surface area contributed by atoms with Gasteiger partial charge in [-0.25, -0.2) is 4.72 Å². The third-order valence-corrected chi connectivity index (χ3v) is 5.33. The SMILES string of the molecule is CCNS(=O)(=O)N1CCC(CN(C)Cc2cccnc2)C1. The highest BCUT2D eigenvalue weighted by atomic mass is 32.2. The Kier molecular flexibility index (Phi) is 5.69. The fraction of sp³-hybridized carbons (Fsp3) is 0.643. The van der Waals surface area contributed by atoms with Crippen molar-refractivity contribution in [2.45, 2.75) is 19.9 Å². The lowest BCUT2D eigenvalue weighted by molar-refractivity contribution is 0.273. The molecule has 2 rings (SSSR count). The normalized spacial score (nSPS) is 20.2. The highest BCUT2D eigenvalue weighted by Crippen LogP contribution is 2.20. The average Bonchev–Trinajstić information content (AvgIpc) is 2.89. The lowest BCUT2D eigenvalue weighted by atomic mass is 10.1. The molecule has 118 valence electrons. The molecule has 21 heavy (non-hydrogen) atoms. The van der Waals surface area contributed by atoms with E-state index >= 15 is 0 Å². The Balaban J connectivity index is 1.82. The van der Waals surface area contributed by atoms with Crippen LogP contribution >= 0.6 is 0 Å². The van der Waals surface area contributed by atoms with Gasteiger partial charge in [-0.05, 0) is 31.0 Å². The number of nitrogens with zero attached hydrogens (tertiary/aromatic N) is 3. The number of rotatable bonds is 7. The minimum Gasteiger partial charge on any atom is -0.302 e. The van der Waals surface area contributed by atoms with E-state index < -0.39 is 10.2 Å². The Morgan fingerprint density at radius 1 is 1.52 bits per heavy atom. The molecule has 6 nitrogen and oxygen atoms in total. The first kappa shape index (κ1) is 16.4. The largest absolute Gasteiger partial charge is 0.302 e. The molecule has 1 fully saturated rings. The van der Waals surface area contributed by atoms with Crippen LogP contribution in [0.1, 0.15) is 18.9 Å². The molecule has 2 heterocycles. The van der Waals surface area contributed by atoms with Crippen LogP contribution in [0.3, 0.4) is 0 Å². The summed E-state index contributed by atoms with van der Waals surface area (Å²) in [6.45, 7) is 5.18. The van der Waals surface area contributed by atoms with E-state index in [1.54, 1.807) is 17.4 Å². The van der Waals surface area contributed by atoms with Gasteiger partial charge < -0.3 is 4.90 Å². The molecule has 0 aromatic carbocycles. The van der Waals surface area contributed by atoms with Crippen LogP contribution in [-0.2, 0) is 16.8 Å². The number of hydrogen-bond donors (Lipinski definition) is 1. The first-order chi connectivity index (χ1) is 10.0. The van der Waals surface area contributed by atoms with Crippen LogP contribution in [0.4, 0.5) is 0 Å². The summed E-state index contributed by atoms with van der Waals surface area (Å²) in [7, 11) is -1.22. The van der Waals surface area contributed by atoms with Crippen LogP contribution in [0.15, 0.2) is 24.5 Å². The van der Waals surface area contributed by atoms with Crippen LogP contribution in [0.25, 0.3) is 0 Å². The average molecular weight is 312 g/mol. The zero-order chi connectivity index (χ0) is 15.3. The summed E-state index contributed by atoms with van der Waals surface area (Å²) >= 11 is 0. The van der Waals surface area contributed by atoms with Gasteiger partial charge in [0.15, 0.2) is 0 Å². The molecule has 1 aliphatic heterocycles. The van der Waals surface area contributed by atoms with Crippen molar-refractivity contribution in [3.8, 4) is 0 Å². The second-order valence-electron chi connectivity index (χ2n) is 5.57. The van der Waals surface area contributed by atoms with Gasteiger partial charge in [0.25, 0.3) is 10.2 Å². The van der Waals surface area contributed by atoms with E-state index in [9.17, 15) is 8.42 Å². The van der Waals surface area contributed by atoms with Crippen molar-refractivity contribution < 1.29 is 8.42 Å². The second kappa shape index (κ2) is 7.31. The smallest absolute Gasteiger partial charge is 0.279 e. The van der Waals surface area contributed by atoms with Crippen LogP contribution in [0, 0.1) is 5.92 Å². The molecular formula is C14H24N4O2S. The van der Waals surface area contributed by atoms with E-state index in [1.165, 1.54) is 5.56 Å². The lowest BCUT2D eigenvalue weighted by Gasteiger charge is -2.21. The van der Waals surface area contributed by atoms with E-state index in [2.05, 4.69) is 27.7 Å². The zero-order valence-electron chi connectivity index (χ0n) is 12.7. The molecule has 1 aromatic rings. The van der Waals surface area contributed by atoms with Crippen LogP contribution in [0.5, 0.6) is 0 Å². The Bertz CT molecular complexity index is 535. The van der Waals surface area contributed by atoms with Gasteiger partial charge in [-0.15, -0.1) is 0 Å². The number of aromatic nitrogens is 1. The van der Waals surface area contributed by atoms with Gasteiger partial charge in [0.2, 0.25) is 0 Å². The summed E-state index contributed by atoms with van der Waals surface area (Å²) < 4.78 is 28.0. The van der Waals surface area contributed by atoms with Gasteiger partial charge in [0.05, 0.1) is 0 Å². The summed E-state index contributed by atoms with van der Waals surface area (Å²) in [5, 5.41) is 0. The maximum atomic E-state index is 11.9. The molecule has 7 heteroatoms. The Labute approximate surface area is 127 Å². The van der Waals surface area contributed by atoms with Gasteiger partial charge in [-0.2, -0.15) is 12.7 Å². The number of pyridine rings is 1. The summed E-state index contributed by atoms with van der Waals surface area (Å²) in [6, 6.07) is 3.99. The van der Waals surface area contributed by atoms with Crippen molar-refractivity contribution in [2.75, 3.05) is 33.2 Å². The molecule has 0 saturated carbocycles. The minimum absolute atomic E-state index is 0.389. The zero-order valence-corrected chi connectivity index (χ0v) is 13.5. The lowest BCUT2D eigenvalue weighted by Crippen LogP contribution is -2.39. The molecule has 0 amide bonds. The van der Waals surface area contributed by atoms with Crippen molar-refractivity contribution in [2.24, 2.45) is 5.92 Å². The van der Waals surface area contributed by atoms with E-state index in [1.807, 2.05) is 12.3 Å². The standard InChI is InChI=1S/C14H24N4O2S/c1-3-16-21(19,20)18-8-6-14(12-18)11-17(2)10-13-5-4-7-15-9-13/h4-5,7,9,14,16H,3,6,8,10-12H2,1-2H3. The van der Waals surface area contributed by atoms with Crippen molar-refractivity contribution in [1.82, 2.24) is 18.9 Å². The minimum atomic E-state index is -3.28. The molecule has 1 aromatic heterocycles. The summed E-state index contributed by atoms with van der Waals surface area (Å²) in [6.07, 6.45) is 4.55. The quantitative estimate of drug-likeness (QED) is 0.804. The predicted molar refractivity (Wildman–Crippen MR) is 82.8 cm³/mol. The third kappa shape index (κ3) is 4.74. The molecule has 0 radical (unpaired) electrons. The van der Waals surface area contributed by atoms with Crippen molar-refractivity contribution in [3.63, 3.8) is 0 Å². The van der Waals surface area contributed by atoms with Crippen LogP contribution in [-0.4, -0.2) is 55.8 Å². The van der Waals surface area contributed by atoms with Gasteiger partial charge in [-0.1, -0.05) is 13.0 Å². The van der Waals surface area contributed by atoms with Crippen LogP contribution < -0.4 is 4.72 Å². The molecule has 1 N–H and O–H groups in total. The van der Waals surface area contributed by atoms with Crippen molar-refractivity contribution in [3.05, 3.63) is 30.1 Å². The highest BCUT2D eigenvalue weighted by Gasteiger charge is 2.31. The molecule has 1 atom stereocenters. The van der Waals surface area contributed by atoms with E-state index in [-0.39, 0.29) is 0 Å². The Morgan fingerprint density at radius 2 is 2.33 bits per heavy atom. The van der Waals surface area contributed by atoms with Crippen molar-refractivity contribution >= 4 is 10.2 Å². The summed E-state index contributed by atoms with van der Waals surface area (Å²) in [5.41, 5.74) is 1.18. The van der Waals surface area contributed by atoms with Crippen molar-refractivity contribution in [1.29, 1.82) is 0 Å². The maximum Gasteiger partial charge on any atom is 0.279 e. The topological polar surface area (TPSA) is 65.5 Å². The summed E-state index contributed by atoms with van der Waals surface area (Å²) in [4.78, 5) is 6.34. The van der Waals surface area contributed by atoms with Gasteiger partial charge in [-0.3, -0.25) is 4.98 Å². The predicted octanol–water partition coefficient (Wildman–Crippen LogP) is 0.690.